The summed E-state index contributed by atoms with van der Waals surface area (Å²) in [6.45, 7) is 2.16. The number of nitrogens with one attached hydrogen (secondary N) is 1. The van der Waals surface area contributed by atoms with Crippen molar-refractivity contribution in [1.82, 2.24) is 15.0 Å². The average Bonchev–Trinajstić information content (AvgIpc) is 3.52. The van der Waals surface area contributed by atoms with Gasteiger partial charge in [0.15, 0.2) is 5.13 Å². The zero-order valence-electron chi connectivity index (χ0n) is 20.5. The standard InChI is InChI=1S/C31H26N4OS/c1-31(25-6-4-14-33-19-25)27-7-3-2-5-24(27)18-28(31)29(36)35-30-34-26(20-37-30)17-21-8-10-22(11-9-21)23-12-15-32-16-13-23/h2-16,19-20,28H,17-18H2,1H3,(H,34,35,36). The summed E-state index contributed by atoms with van der Waals surface area (Å²) in [5.74, 6) is -0.257. The van der Waals surface area contributed by atoms with Crippen molar-refractivity contribution >= 4 is 22.4 Å². The molecule has 3 aromatic heterocycles. The predicted octanol–water partition coefficient (Wildman–Crippen LogP) is 6.31. The molecule has 0 saturated carbocycles. The fourth-order valence-corrected chi connectivity index (χ4v) is 6.12. The molecule has 6 heteroatoms. The van der Waals surface area contributed by atoms with Crippen molar-refractivity contribution in [3.8, 4) is 11.1 Å². The lowest BCUT2D eigenvalue weighted by Gasteiger charge is -2.32. The molecule has 37 heavy (non-hydrogen) atoms. The molecule has 2 unspecified atom stereocenters. The van der Waals surface area contributed by atoms with Gasteiger partial charge >= 0.3 is 0 Å². The number of benzene rings is 2. The van der Waals surface area contributed by atoms with Crippen LogP contribution in [0.5, 0.6) is 0 Å². The Labute approximate surface area is 220 Å². The number of rotatable bonds is 6. The van der Waals surface area contributed by atoms with E-state index < -0.39 is 5.41 Å². The maximum absolute atomic E-state index is 13.6. The molecule has 5 aromatic rings. The summed E-state index contributed by atoms with van der Waals surface area (Å²) in [6.07, 6.45) is 8.66. The highest BCUT2D eigenvalue weighted by atomic mass is 32.1. The lowest BCUT2D eigenvalue weighted by molar-refractivity contribution is -0.121. The molecule has 0 radical (unpaired) electrons. The number of pyridine rings is 2. The summed E-state index contributed by atoms with van der Waals surface area (Å²) >= 11 is 1.47. The minimum Gasteiger partial charge on any atom is -0.302 e. The molecule has 0 spiro atoms. The Balaban J connectivity index is 1.18. The Hall–Kier alpha value is -4.16. The Bertz CT molecular complexity index is 1530. The normalized spacial score (nSPS) is 18.4. The van der Waals surface area contributed by atoms with Crippen molar-refractivity contribution in [3.63, 3.8) is 0 Å². The van der Waals surface area contributed by atoms with Gasteiger partial charge in [0, 0.05) is 42.0 Å². The number of hydrogen-bond acceptors (Lipinski definition) is 5. The number of fused-ring (bicyclic) bond motifs is 1. The predicted molar refractivity (Wildman–Crippen MR) is 148 cm³/mol. The Morgan fingerprint density at radius 1 is 0.946 bits per heavy atom. The van der Waals surface area contributed by atoms with Gasteiger partial charge in [0.05, 0.1) is 11.6 Å². The fraction of sp³-hybridized carbons (Fsp3) is 0.161. The van der Waals surface area contributed by atoms with Crippen LogP contribution in [-0.2, 0) is 23.1 Å². The first-order valence-corrected chi connectivity index (χ1v) is 13.2. The quantitative estimate of drug-likeness (QED) is 0.296. The average molecular weight is 503 g/mol. The van der Waals surface area contributed by atoms with E-state index in [2.05, 4.69) is 64.7 Å². The third kappa shape index (κ3) is 4.45. The molecule has 5 nitrogen and oxygen atoms in total. The SMILES string of the molecule is CC1(c2cccnc2)c2ccccc2CC1C(=O)Nc1nc(Cc2ccc(-c3ccncc3)cc2)cs1. The van der Waals surface area contributed by atoms with Gasteiger partial charge in [-0.3, -0.25) is 14.8 Å². The van der Waals surface area contributed by atoms with Gasteiger partial charge in [-0.1, -0.05) is 61.5 Å². The molecule has 182 valence electrons. The monoisotopic (exact) mass is 502 g/mol. The van der Waals surface area contributed by atoms with Crippen LogP contribution in [0.4, 0.5) is 5.13 Å². The highest BCUT2D eigenvalue weighted by Crippen LogP contribution is 2.48. The number of carbonyl (C=O) groups is 1. The molecule has 2 aromatic carbocycles. The van der Waals surface area contributed by atoms with Gasteiger partial charge in [-0.2, -0.15) is 0 Å². The summed E-state index contributed by atoms with van der Waals surface area (Å²) in [5.41, 5.74) is 7.43. The summed E-state index contributed by atoms with van der Waals surface area (Å²) in [7, 11) is 0. The van der Waals surface area contributed by atoms with E-state index in [0.717, 1.165) is 22.4 Å². The summed E-state index contributed by atoms with van der Waals surface area (Å²) in [5, 5.41) is 5.78. The Morgan fingerprint density at radius 2 is 1.73 bits per heavy atom. The van der Waals surface area contributed by atoms with Crippen molar-refractivity contribution in [2.24, 2.45) is 5.92 Å². The van der Waals surface area contributed by atoms with E-state index in [1.54, 1.807) is 18.6 Å². The topological polar surface area (TPSA) is 67.8 Å². The molecule has 0 saturated heterocycles. The van der Waals surface area contributed by atoms with Crippen LogP contribution in [0.2, 0.25) is 0 Å². The van der Waals surface area contributed by atoms with E-state index in [-0.39, 0.29) is 11.8 Å². The van der Waals surface area contributed by atoms with Crippen molar-refractivity contribution in [2.75, 3.05) is 5.32 Å². The lowest BCUT2D eigenvalue weighted by Crippen LogP contribution is -2.38. The molecule has 1 amide bonds. The maximum Gasteiger partial charge on any atom is 0.230 e. The minimum absolute atomic E-state index is 0.00911. The second-order valence-electron chi connectivity index (χ2n) is 9.60. The van der Waals surface area contributed by atoms with Crippen molar-refractivity contribution in [3.05, 3.63) is 131 Å². The van der Waals surface area contributed by atoms with Crippen molar-refractivity contribution < 1.29 is 4.79 Å². The molecule has 3 heterocycles. The van der Waals surface area contributed by atoms with E-state index in [4.69, 9.17) is 4.98 Å². The van der Waals surface area contributed by atoms with Crippen LogP contribution in [0.3, 0.4) is 0 Å². The third-order valence-electron chi connectivity index (χ3n) is 7.41. The first-order valence-electron chi connectivity index (χ1n) is 12.3. The first kappa shape index (κ1) is 23.3. The van der Waals surface area contributed by atoms with E-state index in [1.807, 2.05) is 41.9 Å². The Kier molecular flexibility index (Phi) is 6.10. The third-order valence-corrected chi connectivity index (χ3v) is 8.22. The zero-order chi connectivity index (χ0) is 25.2. The second-order valence-corrected chi connectivity index (χ2v) is 10.5. The first-order chi connectivity index (χ1) is 18.1. The van der Waals surface area contributed by atoms with Gasteiger partial charge in [0.25, 0.3) is 0 Å². The lowest BCUT2D eigenvalue weighted by atomic mass is 9.71. The van der Waals surface area contributed by atoms with Gasteiger partial charge in [-0.15, -0.1) is 11.3 Å². The van der Waals surface area contributed by atoms with Gasteiger partial charge in [-0.05, 0) is 58.0 Å². The van der Waals surface area contributed by atoms with Gasteiger partial charge < -0.3 is 5.32 Å². The van der Waals surface area contributed by atoms with Gasteiger partial charge in [-0.25, -0.2) is 4.98 Å². The molecule has 6 rings (SSSR count). The van der Waals surface area contributed by atoms with Crippen LogP contribution in [0.1, 0.15) is 34.9 Å². The van der Waals surface area contributed by atoms with E-state index in [9.17, 15) is 4.79 Å². The molecular weight excluding hydrogens is 476 g/mol. The summed E-state index contributed by atoms with van der Waals surface area (Å²) < 4.78 is 0. The van der Waals surface area contributed by atoms with Gasteiger partial charge in [0.2, 0.25) is 5.91 Å². The molecule has 0 aliphatic heterocycles. The van der Waals surface area contributed by atoms with Crippen LogP contribution in [0.25, 0.3) is 11.1 Å². The number of aromatic nitrogens is 3. The smallest absolute Gasteiger partial charge is 0.230 e. The van der Waals surface area contributed by atoms with Crippen LogP contribution in [-0.4, -0.2) is 20.9 Å². The minimum atomic E-state index is -0.453. The number of thiazole rings is 1. The van der Waals surface area contributed by atoms with Crippen LogP contribution in [0, 0.1) is 5.92 Å². The highest BCUT2D eigenvalue weighted by molar-refractivity contribution is 7.13. The summed E-state index contributed by atoms with van der Waals surface area (Å²) in [4.78, 5) is 26.8. The number of hydrogen-bond donors (Lipinski definition) is 1. The van der Waals surface area contributed by atoms with E-state index in [0.29, 0.717) is 18.0 Å². The molecule has 2 atom stereocenters. The molecule has 1 N–H and O–H groups in total. The van der Waals surface area contributed by atoms with Crippen molar-refractivity contribution in [1.29, 1.82) is 0 Å². The molecule has 0 fully saturated rings. The molecule has 1 aliphatic rings. The highest BCUT2D eigenvalue weighted by Gasteiger charge is 2.48. The number of anilines is 1. The van der Waals surface area contributed by atoms with Crippen molar-refractivity contribution in [2.45, 2.75) is 25.2 Å². The molecular formula is C31H26N4OS. The van der Waals surface area contributed by atoms with Crippen LogP contribution in [0.15, 0.2) is 103 Å². The molecule has 0 bridgehead atoms. The maximum atomic E-state index is 13.6. The zero-order valence-corrected chi connectivity index (χ0v) is 21.3. The fourth-order valence-electron chi connectivity index (χ4n) is 5.40. The van der Waals surface area contributed by atoms with Crippen LogP contribution >= 0.6 is 11.3 Å². The number of nitrogens with zero attached hydrogens (tertiary/aromatic N) is 3. The number of carbonyl (C=O) groups excluding carboxylic acids is 1. The second kappa shape index (κ2) is 9.71. The summed E-state index contributed by atoms with van der Waals surface area (Å²) in [6, 6.07) is 24.9. The van der Waals surface area contributed by atoms with Crippen LogP contribution < -0.4 is 5.32 Å². The number of amides is 1. The Morgan fingerprint density at radius 3 is 2.51 bits per heavy atom. The van der Waals surface area contributed by atoms with E-state index >= 15 is 0 Å². The largest absolute Gasteiger partial charge is 0.302 e. The van der Waals surface area contributed by atoms with Gasteiger partial charge in [0.1, 0.15) is 0 Å². The van der Waals surface area contributed by atoms with E-state index in [1.165, 1.54) is 28.0 Å². The molecule has 1 aliphatic carbocycles.